The van der Waals surface area contributed by atoms with Gasteiger partial charge in [-0.1, -0.05) is 18.2 Å². The van der Waals surface area contributed by atoms with Gasteiger partial charge in [0.15, 0.2) is 17.6 Å². The fourth-order valence-corrected chi connectivity index (χ4v) is 2.43. The van der Waals surface area contributed by atoms with Crippen molar-refractivity contribution in [3.8, 4) is 17.2 Å². The Morgan fingerprint density at radius 1 is 1.00 bits per heavy atom. The van der Waals surface area contributed by atoms with Gasteiger partial charge in [-0.2, -0.15) is 0 Å². The third-order valence-corrected chi connectivity index (χ3v) is 3.99. The molecule has 28 heavy (non-hydrogen) atoms. The number of rotatable bonds is 9. The molecule has 2 aromatic carbocycles. The second-order valence-electron chi connectivity index (χ2n) is 6.06. The van der Waals surface area contributed by atoms with E-state index in [2.05, 4.69) is 5.32 Å². The van der Waals surface area contributed by atoms with Crippen LogP contribution in [0, 0.1) is 6.92 Å². The van der Waals surface area contributed by atoms with Gasteiger partial charge in [-0.3, -0.25) is 9.59 Å². The van der Waals surface area contributed by atoms with Crippen molar-refractivity contribution >= 4 is 17.6 Å². The average molecular weight is 387 g/mol. The molecule has 150 valence electrons. The van der Waals surface area contributed by atoms with Crippen LogP contribution in [0.5, 0.6) is 17.2 Å². The van der Waals surface area contributed by atoms with Gasteiger partial charge in [0.2, 0.25) is 0 Å². The minimum absolute atomic E-state index is 0.0440. The van der Waals surface area contributed by atoms with Gasteiger partial charge in [-0.25, -0.2) is 0 Å². The predicted molar refractivity (Wildman–Crippen MR) is 105 cm³/mol. The fourth-order valence-electron chi connectivity index (χ4n) is 2.43. The molecule has 0 aliphatic rings. The molecule has 0 spiro atoms. The standard InChI is InChI=1S/C21H25NO6/c1-14-7-5-6-8-17(14)27-12-11-20(23)28-15(2)21(24)22-16-9-10-18(25-3)19(13-16)26-4/h5-10,13,15H,11-12H2,1-4H3,(H,22,24)/t15-/m1/s1. The van der Waals surface area contributed by atoms with Crippen molar-refractivity contribution in [1.29, 1.82) is 0 Å². The second kappa shape index (κ2) is 10.2. The highest BCUT2D eigenvalue weighted by molar-refractivity contribution is 5.95. The molecule has 2 aromatic rings. The molecule has 7 heteroatoms. The van der Waals surface area contributed by atoms with E-state index in [1.807, 2.05) is 31.2 Å². The monoisotopic (exact) mass is 387 g/mol. The lowest BCUT2D eigenvalue weighted by Crippen LogP contribution is -2.30. The summed E-state index contributed by atoms with van der Waals surface area (Å²) >= 11 is 0. The third-order valence-electron chi connectivity index (χ3n) is 3.99. The van der Waals surface area contributed by atoms with Crippen LogP contribution < -0.4 is 19.5 Å². The number of carbonyl (C=O) groups is 2. The molecule has 7 nitrogen and oxygen atoms in total. The molecular formula is C21H25NO6. The summed E-state index contributed by atoms with van der Waals surface area (Å²) in [7, 11) is 3.04. The summed E-state index contributed by atoms with van der Waals surface area (Å²) in [5.74, 6) is 0.797. The van der Waals surface area contributed by atoms with Crippen LogP contribution in [0.4, 0.5) is 5.69 Å². The van der Waals surface area contributed by atoms with Crippen LogP contribution in [0.15, 0.2) is 42.5 Å². The Hall–Kier alpha value is -3.22. The van der Waals surface area contributed by atoms with Gasteiger partial charge in [0, 0.05) is 11.8 Å². The first-order valence-electron chi connectivity index (χ1n) is 8.85. The van der Waals surface area contributed by atoms with Crippen LogP contribution in [0.25, 0.3) is 0 Å². The summed E-state index contributed by atoms with van der Waals surface area (Å²) in [4.78, 5) is 24.2. The Kier molecular flexibility index (Phi) is 7.68. The van der Waals surface area contributed by atoms with Gasteiger partial charge in [0.1, 0.15) is 5.75 Å². The Morgan fingerprint density at radius 3 is 2.39 bits per heavy atom. The summed E-state index contributed by atoms with van der Waals surface area (Å²) in [6.45, 7) is 3.61. The van der Waals surface area contributed by atoms with Crippen LogP contribution in [0.3, 0.4) is 0 Å². The molecule has 0 unspecified atom stereocenters. The highest BCUT2D eigenvalue weighted by Crippen LogP contribution is 2.29. The van der Waals surface area contributed by atoms with Gasteiger partial charge in [0.25, 0.3) is 5.91 Å². The molecule has 0 radical (unpaired) electrons. The molecule has 0 aromatic heterocycles. The molecule has 0 heterocycles. The third kappa shape index (κ3) is 5.90. The van der Waals surface area contributed by atoms with Gasteiger partial charge in [0.05, 0.1) is 27.2 Å². The SMILES string of the molecule is COc1ccc(NC(=O)[C@@H](C)OC(=O)CCOc2ccccc2C)cc1OC. The van der Waals surface area contributed by atoms with Crippen molar-refractivity contribution in [1.82, 2.24) is 0 Å². The molecular weight excluding hydrogens is 362 g/mol. The minimum atomic E-state index is -0.945. The van der Waals surface area contributed by atoms with E-state index in [-0.39, 0.29) is 13.0 Å². The number of benzene rings is 2. The maximum Gasteiger partial charge on any atom is 0.310 e. The Labute approximate surface area is 164 Å². The maximum absolute atomic E-state index is 12.3. The molecule has 0 aliphatic carbocycles. The van der Waals surface area contributed by atoms with Crippen LogP contribution in [-0.4, -0.2) is 38.8 Å². The molecule has 2 rings (SSSR count). The zero-order valence-electron chi connectivity index (χ0n) is 16.5. The van der Waals surface area contributed by atoms with E-state index >= 15 is 0 Å². The quantitative estimate of drug-likeness (QED) is 0.665. The van der Waals surface area contributed by atoms with E-state index in [4.69, 9.17) is 18.9 Å². The number of ether oxygens (including phenoxy) is 4. The van der Waals surface area contributed by atoms with Gasteiger partial charge < -0.3 is 24.3 Å². The normalized spacial score (nSPS) is 11.3. The lowest BCUT2D eigenvalue weighted by atomic mass is 10.2. The number of esters is 1. The molecule has 0 saturated carbocycles. The van der Waals surface area contributed by atoms with Crippen LogP contribution in [0.1, 0.15) is 18.9 Å². The summed E-state index contributed by atoms with van der Waals surface area (Å²) in [6.07, 6.45) is -0.901. The van der Waals surface area contributed by atoms with Crippen LogP contribution in [0.2, 0.25) is 0 Å². The molecule has 0 aliphatic heterocycles. The number of anilines is 1. The summed E-state index contributed by atoms with van der Waals surface area (Å²) in [6, 6.07) is 12.5. The first-order chi connectivity index (χ1) is 13.4. The molecule has 0 saturated heterocycles. The van der Waals surface area contributed by atoms with Crippen molar-refractivity contribution in [2.24, 2.45) is 0 Å². The van der Waals surface area contributed by atoms with E-state index in [0.717, 1.165) is 11.3 Å². The van der Waals surface area contributed by atoms with Crippen molar-refractivity contribution in [2.75, 3.05) is 26.1 Å². The lowest BCUT2D eigenvalue weighted by molar-refractivity contribution is -0.153. The van der Waals surface area contributed by atoms with Crippen molar-refractivity contribution in [2.45, 2.75) is 26.4 Å². The van der Waals surface area contributed by atoms with Crippen molar-refractivity contribution < 1.29 is 28.5 Å². The lowest BCUT2D eigenvalue weighted by Gasteiger charge is -2.15. The first-order valence-corrected chi connectivity index (χ1v) is 8.85. The van der Waals surface area contributed by atoms with E-state index < -0.39 is 18.0 Å². The molecule has 1 atom stereocenters. The fraction of sp³-hybridized carbons (Fsp3) is 0.333. The molecule has 0 fully saturated rings. The number of aryl methyl sites for hydroxylation is 1. The predicted octanol–water partition coefficient (Wildman–Crippen LogP) is 3.35. The van der Waals surface area contributed by atoms with Gasteiger partial charge >= 0.3 is 5.97 Å². The summed E-state index contributed by atoms with van der Waals surface area (Å²) in [5.41, 5.74) is 1.49. The largest absolute Gasteiger partial charge is 0.493 e. The van der Waals surface area contributed by atoms with Crippen molar-refractivity contribution in [3.05, 3.63) is 48.0 Å². The van der Waals surface area contributed by atoms with E-state index in [1.54, 1.807) is 18.2 Å². The zero-order chi connectivity index (χ0) is 20.5. The Morgan fingerprint density at radius 2 is 1.71 bits per heavy atom. The summed E-state index contributed by atoms with van der Waals surface area (Å²) in [5, 5.41) is 2.68. The number of hydrogen-bond acceptors (Lipinski definition) is 6. The number of amides is 1. The first kappa shape index (κ1) is 21.1. The topological polar surface area (TPSA) is 83.1 Å². The Balaban J connectivity index is 1.81. The zero-order valence-corrected chi connectivity index (χ0v) is 16.5. The van der Waals surface area contributed by atoms with Gasteiger partial charge in [-0.15, -0.1) is 0 Å². The van der Waals surface area contributed by atoms with E-state index in [9.17, 15) is 9.59 Å². The maximum atomic E-state index is 12.3. The van der Waals surface area contributed by atoms with E-state index in [0.29, 0.717) is 17.2 Å². The minimum Gasteiger partial charge on any atom is -0.493 e. The average Bonchev–Trinajstić information content (AvgIpc) is 2.69. The molecule has 1 amide bonds. The number of carbonyl (C=O) groups excluding carboxylic acids is 2. The van der Waals surface area contributed by atoms with Gasteiger partial charge in [-0.05, 0) is 37.6 Å². The molecule has 1 N–H and O–H groups in total. The number of hydrogen-bond donors (Lipinski definition) is 1. The van der Waals surface area contributed by atoms with Crippen molar-refractivity contribution in [3.63, 3.8) is 0 Å². The highest BCUT2D eigenvalue weighted by Gasteiger charge is 2.18. The Bertz CT molecular complexity index is 820. The number of nitrogens with one attached hydrogen (secondary N) is 1. The summed E-state index contributed by atoms with van der Waals surface area (Å²) < 4.78 is 21.1. The number of para-hydroxylation sites is 1. The highest BCUT2D eigenvalue weighted by atomic mass is 16.6. The molecule has 0 bridgehead atoms. The van der Waals surface area contributed by atoms with E-state index in [1.165, 1.54) is 21.1 Å². The van der Waals surface area contributed by atoms with Crippen LogP contribution >= 0.6 is 0 Å². The second-order valence-corrected chi connectivity index (χ2v) is 6.06. The number of methoxy groups -OCH3 is 2. The smallest absolute Gasteiger partial charge is 0.310 e. The van der Waals surface area contributed by atoms with Crippen LogP contribution in [-0.2, 0) is 14.3 Å².